The number of fused-ring (bicyclic) bond motifs is 3. The third kappa shape index (κ3) is 5.53. The largest absolute Gasteiger partial charge is 0.399 e. The van der Waals surface area contributed by atoms with Gasteiger partial charge in [0.2, 0.25) is 0 Å². The first-order valence-corrected chi connectivity index (χ1v) is 16.2. The van der Waals surface area contributed by atoms with Gasteiger partial charge in [-0.15, -0.1) is 11.3 Å². The molecule has 3 aromatic rings. The first kappa shape index (κ1) is 29.0. The van der Waals surface area contributed by atoms with E-state index in [1.807, 2.05) is 31.2 Å². The minimum atomic E-state index is -0.611. The smallest absolute Gasteiger partial charge is 0.175 e. The molecule has 1 atom stereocenters. The predicted molar refractivity (Wildman–Crippen MR) is 181 cm³/mol. The Balaban J connectivity index is 0.000000359. The number of nitrogens with two attached hydrogens (primary N) is 1. The Bertz CT molecular complexity index is 1770. The number of rotatable bonds is 3. The van der Waals surface area contributed by atoms with Crippen LogP contribution in [0.15, 0.2) is 107 Å². The van der Waals surface area contributed by atoms with Crippen molar-refractivity contribution in [3.05, 3.63) is 139 Å². The Morgan fingerprint density at radius 3 is 2.42 bits per heavy atom. The van der Waals surface area contributed by atoms with Crippen molar-refractivity contribution in [2.24, 2.45) is 11.8 Å². The van der Waals surface area contributed by atoms with Crippen molar-refractivity contribution >= 4 is 51.2 Å². The second-order valence-electron chi connectivity index (χ2n) is 12.0. The molecule has 0 saturated heterocycles. The van der Waals surface area contributed by atoms with Crippen LogP contribution in [0.1, 0.15) is 61.9 Å². The fraction of sp³-hybridized carbons (Fsp3) is 0.216. The van der Waals surface area contributed by atoms with Gasteiger partial charge in [-0.3, -0.25) is 9.59 Å². The number of benzene rings is 1. The lowest BCUT2D eigenvalue weighted by atomic mass is 9.85. The van der Waals surface area contributed by atoms with Gasteiger partial charge in [-0.25, -0.2) is 0 Å². The molecular formula is C37H34N2O2S2. The molecule has 3 N–H and O–H groups in total. The number of nitrogen functional groups attached to an aromatic ring is 1. The number of Topliss-reactive ketones (excluding diaryl/α,β-unsaturated/α-hetero) is 2. The quantitative estimate of drug-likeness (QED) is 0.232. The lowest BCUT2D eigenvalue weighted by Crippen LogP contribution is -2.23. The summed E-state index contributed by atoms with van der Waals surface area (Å²) in [6.45, 7) is 6.21. The van der Waals surface area contributed by atoms with Gasteiger partial charge in [-0.1, -0.05) is 86.2 Å². The van der Waals surface area contributed by atoms with E-state index in [0.717, 1.165) is 33.0 Å². The van der Waals surface area contributed by atoms with E-state index in [1.165, 1.54) is 28.0 Å². The van der Waals surface area contributed by atoms with Gasteiger partial charge in [-0.05, 0) is 54.7 Å². The van der Waals surface area contributed by atoms with Crippen LogP contribution >= 0.6 is 22.7 Å². The van der Waals surface area contributed by atoms with Gasteiger partial charge in [0.25, 0.3) is 0 Å². The molecule has 6 heteroatoms. The number of carbonyl (C=O) groups excluding carboxylic acids is 2. The van der Waals surface area contributed by atoms with Crippen LogP contribution in [0.4, 0.5) is 5.69 Å². The molecule has 4 nitrogen and oxygen atoms in total. The summed E-state index contributed by atoms with van der Waals surface area (Å²) >= 11 is 3.04. The van der Waals surface area contributed by atoms with E-state index in [9.17, 15) is 9.59 Å². The highest BCUT2D eigenvalue weighted by Gasteiger charge is 2.43. The molecule has 0 bridgehead atoms. The average Bonchev–Trinajstić information content (AvgIpc) is 3.69. The van der Waals surface area contributed by atoms with Crippen LogP contribution in [0.2, 0.25) is 0 Å². The maximum Gasteiger partial charge on any atom is 0.175 e. The summed E-state index contributed by atoms with van der Waals surface area (Å²) in [5, 5.41) is 12.5. The molecule has 216 valence electrons. The Kier molecular flexibility index (Phi) is 7.75. The third-order valence-corrected chi connectivity index (χ3v) is 10.5. The number of hydrogen-bond acceptors (Lipinski definition) is 6. The van der Waals surface area contributed by atoms with Crippen LogP contribution in [-0.4, -0.2) is 17.3 Å². The summed E-state index contributed by atoms with van der Waals surface area (Å²) in [5.41, 5.74) is 13.5. The van der Waals surface area contributed by atoms with Crippen molar-refractivity contribution in [3.8, 4) is 0 Å². The molecule has 0 saturated carbocycles. The molecular weight excluding hydrogens is 569 g/mol. The van der Waals surface area contributed by atoms with E-state index in [0.29, 0.717) is 29.2 Å². The number of allylic oxidation sites excluding steroid dienone is 12. The molecule has 1 unspecified atom stereocenters. The van der Waals surface area contributed by atoms with Gasteiger partial charge < -0.3 is 11.1 Å². The van der Waals surface area contributed by atoms with Gasteiger partial charge in [0, 0.05) is 54.2 Å². The minimum Gasteiger partial charge on any atom is -0.399 e. The second kappa shape index (κ2) is 11.5. The van der Waals surface area contributed by atoms with Crippen molar-refractivity contribution in [3.63, 3.8) is 0 Å². The average molecular weight is 603 g/mol. The summed E-state index contributed by atoms with van der Waals surface area (Å²) < 4.78 is 0. The van der Waals surface area contributed by atoms with Gasteiger partial charge >= 0.3 is 0 Å². The molecule has 0 amide bonds. The van der Waals surface area contributed by atoms with E-state index >= 15 is 0 Å². The van der Waals surface area contributed by atoms with E-state index in [1.54, 1.807) is 22.1 Å². The Labute approximate surface area is 260 Å². The molecule has 0 aliphatic heterocycles. The molecule has 0 radical (unpaired) electrons. The van der Waals surface area contributed by atoms with Crippen molar-refractivity contribution in [2.45, 2.75) is 39.0 Å². The van der Waals surface area contributed by atoms with E-state index < -0.39 is 11.3 Å². The SMILES string of the molecule is CC1(C)C(=N)/C(=C\C=C2\C=CC=C3C=CC=CC3C2)c2sc(CC3C(=O)c4cscc4C3=O)cc21.Cc1ccc(N)cc1. The zero-order valence-electron chi connectivity index (χ0n) is 24.5. The maximum atomic E-state index is 12.8. The van der Waals surface area contributed by atoms with Crippen molar-refractivity contribution in [1.82, 2.24) is 0 Å². The molecule has 4 aliphatic carbocycles. The molecule has 0 spiro atoms. The first-order chi connectivity index (χ1) is 20.6. The van der Waals surface area contributed by atoms with Gasteiger partial charge in [0.1, 0.15) is 0 Å². The molecule has 2 heterocycles. The molecule has 2 aromatic heterocycles. The van der Waals surface area contributed by atoms with E-state index in [4.69, 9.17) is 11.1 Å². The third-order valence-electron chi connectivity index (χ3n) is 8.59. The van der Waals surface area contributed by atoms with Crippen molar-refractivity contribution < 1.29 is 9.59 Å². The van der Waals surface area contributed by atoms with E-state index in [2.05, 4.69) is 74.6 Å². The summed E-state index contributed by atoms with van der Waals surface area (Å²) in [5.74, 6) is -0.327. The first-order valence-electron chi connectivity index (χ1n) is 14.5. The normalized spacial score (nSPS) is 21.9. The lowest BCUT2D eigenvalue weighted by molar-refractivity contribution is 0.0839. The Morgan fingerprint density at radius 2 is 1.72 bits per heavy atom. The van der Waals surface area contributed by atoms with Crippen LogP contribution in [0.3, 0.4) is 0 Å². The molecule has 1 aromatic carbocycles. The van der Waals surface area contributed by atoms with Gasteiger partial charge in [-0.2, -0.15) is 11.3 Å². The Morgan fingerprint density at radius 1 is 1.00 bits per heavy atom. The molecule has 0 fully saturated rings. The standard InChI is InChI=1S/C30H25NO2S2.C7H9N/c1-30(2)25-14-20(13-22-26(32)23-15-34-16-24(23)27(22)33)35-28(25)21(29(30)31)11-10-17-6-5-9-18-7-3-4-8-19(18)12-17;1-6-2-4-7(8)5-3-6/h3-11,14-16,19,22,31H,12-13H2,1-2H3;2-5H,8H2,1H3/b17-10-,21-11-,31-29?;. The number of hydrogen-bond donors (Lipinski definition) is 2. The monoisotopic (exact) mass is 602 g/mol. The fourth-order valence-corrected chi connectivity index (χ4v) is 8.18. The molecule has 4 aliphatic rings. The van der Waals surface area contributed by atoms with Crippen LogP contribution in [0.25, 0.3) is 5.57 Å². The highest BCUT2D eigenvalue weighted by Crippen LogP contribution is 2.48. The highest BCUT2D eigenvalue weighted by atomic mass is 32.1. The van der Waals surface area contributed by atoms with Crippen LogP contribution < -0.4 is 5.73 Å². The Hall–Kier alpha value is -4.13. The lowest BCUT2D eigenvalue weighted by Gasteiger charge is -2.18. The number of nitrogens with one attached hydrogen (secondary N) is 1. The van der Waals surface area contributed by atoms with Crippen LogP contribution in [0.5, 0.6) is 0 Å². The van der Waals surface area contributed by atoms with Crippen molar-refractivity contribution in [1.29, 1.82) is 5.41 Å². The number of aryl methyl sites for hydroxylation is 1. The van der Waals surface area contributed by atoms with Gasteiger partial charge in [0.05, 0.1) is 11.6 Å². The summed E-state index contributed by atoms with van der Waals surface area (Å²) in [7, 11) is 0. The zero-order valence-corrected chi connectivity index (χ0v) is 26.1. The van der Waals surface area contributed by atoms with Crippen LogP contribution in [-0.2, 0) is 11.8 Å². The number of carbonyl (C=O) groups is 2. The maximum absolute atomic E-state index is 12.8. The second-order valence-corrected chi connectivity index (χ2v) is 13.8. The summed E-state index contributed by atoms with van der Waals surface area (Å²) in [4.78, 5) is 27.8. The topological polar surface area (TPSA) is 84.0 Å². The molecule has 43 heavy (non-hydrogen) atoms. The van der Waals surface area contributed by atoms with E-state index in [-0.39, 0.29) is 11.6 Å². The minimum absolute atomic E-state index is 0.0490. The summed E-state index contributed by atoms with van der Waals surface area (Å²) in [6, 6.07) is 9.91. The van der Waals surface area contributed by atoms with Crippen LogP contribution in [0, 0.1) is 24.2 Å². The van der Waals surface area contributed by atoms with Gasteiger partial charge in [0.15, 0.2) is 11.6 Å². The highest BCUT2D eigenvalue weighted by molar-refractivity contribution is 7.14. The fourth-order valence-electron chi connectivity index (χ4n) is 5.96. The zero-order chi connectivity index (χ0) is 30.3. The van der Waals surface area contributed by atoms with Crippen molar-refractivity contribution in [2.75, 3.05) is 5.73 Å². The number of thiophene rings is 2. The predicted octanol–water partition coefficient (Wildman–Crippen LogP) is 8.87. The number of anilines is 1. The molecule has 7 rings (SSSR count). The number of ketones is 2. The summed E-state index contributed by atoms with van der Waals surface area (Å²) in [6.07, 6.45) is 20.6.